The van der Waals surface area contributed by atoms with Crippen molar-refractivity contribution in [1.29, 1.82) is 0 Å². The second-order valence-corrected chi connectivity index (χ2v) is 3.26. The molecule has 0 fully saturated rings. The van der Waals surface area contributed by atoms with Gasteiger partial charge in [0.2, 0.25) is 0 Å². The van der Waals surface area contributed by atoms with Crippen molar-refractivity contribution in [3.63, 3.8) is 0 Å². The molecule has 1 aromatic carbocycles. The van der Waals surface area contributed by atoms with Crippen LogP contribution in [-0.4, -0.2) is 17.3 Å². The minimum atomic E-state index is 0.829. The molecule has 0 bridgehead atoms. The fraction of sp³-hybridized carbons (Fsp3) is 0.167. The third kappa shape index (κ3) is 1.81. The summed E-state index contributed by atoms with van der Waals surface area (Å²) in [6, 6.07) is 9.73. The van der Waals surface area contributed by atoms with Crippen LogP contribution >= 0.6 is 0 Å². The van der Waals surface area contributed by atoms with Crippen LogP contribution < -0.4 is 4.74 Å². The molecular weight excluding hydrogens is 188 g/mol. The van der Waals surface area contributed by atoms with E-state index in [0.717, 1.165) is 22.6 Å². The molecular formula is C12H12N2O. The Morgan fingerprint density at radius 2 is 2.00 bits per heavy atom. The van der Waals surface area contributed by atoms with Crippen molar-refractivity contribution in [3.05, 3.63) is 42.1 Å². The van der Waals surface area contributed by atoms with Gasteiger partial charge in [-0.05, 0) is 30.7 Å². The van der Waals surface area contributed by atoms with Crippen molar-refractivity contribution in [2.75, 3.05) is 7.11 Å². The molecule has 0 aliphatic carbocycles. The highest BCUT2D eigenvalue weighted by molar-refractivity contribution is 5.70. The number of methoxy groups -OCH3 is 1. The number of nitrogens with zero attached hydrogens (tertiary/aromatic N) is 2. The monoisotopic (exact) mass is 200 g/mol. The SMILES string of the molecule is COc1cccc(C)c1-c1cccnn1. The van der Waals surface area contributed by atoms with Gasteiger partial charge in [0.15, 0.2) is 0 Å². The molecule has 2 rings (SSSR count). The zero-order valence-electron chi connectivity index (χ0n) is 8.77. The van der Waals surface area contributed by atoms with Crippen LogP contribution in [0.2, 0.25) is 0 Å². The van der Waals surface area contributed by atoms with Crippen LogP contribution in [0.4, 0.5) is 0 Å². The molecule has 0 saturated carbocycles. The predicted molar refractivity (Wildman–Crippen MR) is 58.8 cm³/mol. The largest absolute Gasteiger partial charge is 0.496 e. The molecule has 0 radical (unpaired) electrons. The summed E-state index contributed by atoms with van der Waals surface area (Å²) in [6.07, 6.45) is 1.66. The van der Waals surface area contributed by atoms with Crippen LogP contribution in [0.25, 0.3) is 11.3 Å². The van der Waals surface area contributed by atoms with Gasteiger partial charge in [-0.2, -0.15) is 10.2 Å². The van der Waals surface area contributed by atoms with E-state index in [4.69, 9.17) is 4.74 Å². The summed E-state index contributed by atoms with van der Waals surface area (Å²) in [5, 5.41) is 7.96. The fourth-order valence-electron chi connectivity index (χ4n) is 1.57. The minimum absolute atomic E-state index is 0.829. The first-order chi connectivity index (χ1) is 7.33. The van der Waals surface area contributed by atoms with Crippen LogP contribution in [-0.2, 0) is 0 Å². The van der Waals surface area contributed by atoms with E-state index >= 15 is 0 Å². The van der Waals surface area contributed by atoms with E-state index in [9.17, 15) is 0 Å². The van der Waals surface area contributed by atoms with E-state index in [1.165, 1.54) is 0 Å². The molecule has 1 heterocycles. The molecule has 15 heavy (non-hydrogen) atoms. The lowest BCUT2D eigenvalue weighted by atomic mass is 10.0. The molecule has 0 saturated heterocycles. The predicted octanol–water partition coefficient (Wildman–Crippen LogP) is 2.46. The maximum Gasteiger partial charge on any atom is 0.128 e. The Morgan fingerprint density at radius 3 is 2.67 bits per heavy atom. The van der Waals surface area contributed by atoms with Crippen molar-refractivity contribution in [3.8, 4) is 17.0 Å². The summed E-state index contributed by atoms with van der Waals surface area (Å²) in [7, 11) is 1.66. The maximum absolute atomic E-state index is 5.31. The Hall–Kier alpha value is -1.90. The summed E-state index contributed by atoms with van der Waals surface area (Å²) in [4.78, 5) is 0. The number of ether oxygens (including phenoxy) is 1. The van der Waals surface area contributed by atoms with Gasteiger partial charge in [-0.3, -0.25) is 0 Å². The first kappa shape index (κ1) is 9.65. The summed E-state index contributed by atoms with van der Waals surface area (Å²) in [5.74, 6) is 0.829. The van der Waals surface area contributed by atoms with Crippen molar-refractivity contribution in [2.24, 2.45) is 0 Å². The van der Waals surface area contributed by atoms with Gasteiger partial charge < -0.3 is 4.74 Å². The molecule has 2 aromatic rings. The van der Waals surface area contributed by atoms with Gasteiger partial charge in [0, 0.05) is 11.8 Å². The van der Waals surface area contributed by atoms with Gasteiger partial charge in [0.1, 0.15) is 5.75 Å². The zero-order chi connectivity index (χ0) is 10.7. The minimum Gasteiger partial charge on any atom is -0.496 e. The first-order valence-electron chi connectivity index (χ1n) is 4.74. The first-order valence-corrected chi connectivity index (χ1v) is 4.74. The standard InChI is InChI=1S/C12H12N2O/c1-9-5-3-7-11(15-2)12(9)10-6-4-8-13-14-10/h3-8H,1-2H3. The van der Waals surface area contributed by atoms with Crippen LogP contribution in [0.5, 0.6) is 5.75 Å². The molecule has 76 valence electrons. The fourth-order valence-corrected chi connectivity index (χ4v) is 1.57. The van der Waals surface area contributed by atoms with Gasteiger partial charge in [0.05, 0.1) is 12.8 Å². The molecule has 0 atom stereocenters. The Morgan fingerprint density at radius 1 is 1.13 bits per heavy atom. The van der Waals surface area contributed by atoms with E-state index in [1.807, 2.05) is 37.3 Å². The lowest BCUT2D eigenvalue weighted by molar-refractivity contribution is 0.416. The van der Waals surface area contributed by atoms with Crippen LogP contribution in [0.3, 0.4) is 0 Å². The topological polar surface area (TPSA) is 35.0 Å². The highest BCUT2D eigenvalue weighted by Gasteiger charge is 2.09. The molecule has 0 N–H and O–H groups in total. The number of benzene rings is 1. The number of rotatable bonds is 2. The average Bonchev–Trinajstić information content (AvgIpc) is 2.29. The van der Waals surface area contributed by atoms with Crippen LogP contribution in [0, 0.1) is 6.92 Å². The summed E-state index contributed by atoms with van der Waals surface area (Å²) >= 11 is 0. The van der Waals surface area contributed by atoms with Gasteiger partial charge >= 0.3 is 0 Å². The molecule has 0 aliphatic rings. The van der Waals surface area contributed by atoms with Crippen molar-refractivity contribution in [2.45, 2.75) is 6.92 Å². The summed E-state index contributed by atoms with van der Waals surface area (Å²) < 4.78 is 5.31. The number of aryl methyl sites for hydroxylation is 1. The highest BCUT2D eigenvalue weighted by Crippen LogP contribution is 2.30. The summed E-state index contributed by atoms with van der Waals surface area (Å²) in [5.41, 5.74) is 2.98. The Kier molecular flexibility index (Phi) is 2.63. The average molecular weight is 200 g/mol. The van der Waals surface area contributed by atoms with E-state index in [2.05, 4.69) is 10.2 Å². The van der Waals surface area contributed by atoms with Crippen molar-refractivity contribution < 1.29 is 4.74 Å². The Balaban J connectivity index is 2.61. The molecule has 3 heteroatoms. The second-order valence-electron chi connectivity index (χ2n) is 3.26. The number of aromatic nitrogens is 2. The Bertz CT molecular complexity index is 454. The smallest absolute Gasteiger partial charge is 0.128 e. The lowest BCUT2D eigenvalue weighted by Crippen LogP contribution is -1.93. The lowest BCUT2D eigenvalue weighted by Gasteiger charge is -2.09. The normalized spacial score (nSPS) is 10.0. The van der Waals surface area contributed by atoms with E-state index in [1.54, 1.807) is 13.3 Å². The Labute approximate surface area is 88.7 Å². The molecule has 0 aliphatic heterocycles. The summed E-state index contributed by atoms with van der Waals surface area (Å²) in [6.45, 7) is 2.03. The zero-order valence-corrected chi connectivity index (χ0v) is 8.77. The molecule has 1 aromatic heterocycles. The van der Waals surface area contributed by atoms with Gasteiger partial charge in [-0.15, -0.1) is 0 Å². The van der Waals surface area contributed by atoms with Gasteiger partial charge in [-0.25, -0.2) is 0 Å². The quantitative estimate of drug-likeness (QED) is 0.747. The van der Waals surface area contributed by atoms with E-state index in [0.29, 0.717) is 0 Å². The highest BCUT2D eigenvalue weighted by atomic mass is 16.5. The third-order valence-corrected chi connectivity index (χ3v) is 2.28. The van der Waals surface area contributed by atoms with E-state index in [-0.39, 0.29) is 0 Å². The number of hydrogen-bond acceptors (Lipinski definition) is 3. The third-order valence-electron chi connectivity index (χ3n) is 2.28. The molecule has 0 amide bonds. The second kappa shape index (κ2) is 4.09. The van der Waals surface area contributed by atoms with Crippen molar-refractivity contribution in [1.82, 2.24) is 10.2 Å². The molecule has 3 nitrogen and oxygen atoms in total. The van der Waals surface area contributed by atoms with Gasteiger partial charge in [-0.1, -0.05) is 12.1 Å². The number of hydrogen-bond donors (Lipinski definition) is 0. The molecule has 0 unspecified atom stereocenters. The maximum atomic E-state index is 5.31. The van der Waals surface area contributed by atoms with Crippen LogP contribution in [0.15, 0.2) is 36.5 Å². The van der Waals surface area contributed by atoms with Crippen molar-refractivity contribution >= 4 is 0 Å². The molecule has 0 spiro atoms. The van der Waals surface area contributed by atoms with Crippen LogP contribution in [0.1, 0.15) is 5.56 Å². The van der Waals surface area contributed by atoms with Gasteiger partial charge in [0.25, 0.3) is 0 Å². The van der Waals surface area contributed by atoms with E-state index < -0.39 is 0 Å².